The highest BCUT2D eigenvalue weighted by molar-refractivity contribution is 7.15. The Balaban J connectivity index is 2.85. The number of thiophene rings is 1. The third kappa shape index (κ3) is 1.45. The van der Waals surface area contributed by atoms with Crippen LogP contribution in [0.3, 0.4) is 0 Å². The van der Waals surface area contributed by atoms with Crippen molar-refractivity contribution in [3.05, 3.63) is 17.0 Å². The molecule has 0 atom stereocenters. The first-order valence-electron chi connectivity index (χ1n) is 3.05. The molecule has 50 valence electrons. The van der Waals surface area contributed by atoms with Crippen molar-refractivity contribution in [2.75, 3.05) is 5.73 Å². The van der Waals surface area contributed by atoms with Crippen LogP contribution in [0.4, 0.5) is 5.00 Å². The maximum Gasteiger partial charge on any atom is 0.0859 e. The van der Waals surface area contributed by atoms with Crippen molar-refractivity contribution in [2.24, 2.45) is 0 Å². The van der Waals surface area contributed by atoms with Crippen LogP contribution < -0.4 is 5.73 Å². The molecule has 2 N–H and O–H groups in total. The van der Waals surface area contributed by atoms with Gasteiger partial charge in [-0.05, 0) is 18.1 Å². The second-order valence-corrected chi connectivity index (χ2v) is 3.54. The predicted molar refractivity (Wildman–Crippen MR) is 42.8 cm³/mol. The fourth-order valence-corrected chi connectivity index (χ4v) is 1.46. The summed E-state index contributed by atoms with van der Waals surface area (Å²) in [4.78, 5) is 1.37. The van der Waals surface area contributed by atoms with Crippen LogP contribution in [-0.4, -0.2) is 0 Å². The molecule has 1 aromatic rings. The Morgan fingerprint density at radius 1 is 1.44 bits per heavy atom. The summed E-state index contributed by atoms with van der Waals surface area (Å²) >= 11 is 1.67. The van der Waals surface area contributed by atoms with Gasteiger partial charge in [-0.1, -0.05) is 13.8 Å². The van der Waals surface area contributed by atoms with Gasteiger partial charge in [0.05, 0.1) is 5.00 Å². The molecule has 0 aromatic carbocycles. The summed E-state index contributed by atoms with van der Waals surface area (Å²) in [6.45, 7) is 4.34. The van der Waals surface area contributed by atoms with Crippen LogP contribution in [0, 0.1) is 0 Å². The van der Waals surface area contributed by atoms with Crippen molar-refractivity contribution < 1.29 is 0 Å². The van der Waals surface area contributed by atoms with Crippen molar-refractivity contribution in [1.82, 2.24) is 0 Å². The number of hydrogen-bond donors (Lipinski definition) is 1. The normalized spacial score (nSPS) is 10.6. The van der Waals surface area contributed by atoms with Crippen LogP contribution >= 0.6 is 11.3 Å². The first-order chi connectivity index (χ1) is 4.20. The van der Waals surface area contributed by atoms with Crippen LogP contribution in [-0.2, 0) is 0 Å². The van der Waals surface area contributed by atoms with Gasteiger partial charge in [0.25, 0.3) is 0 Å². The van der Waals surface area contributed by atoms with Crippen molar-refractivity contribution in [1.29, 1.82) is 0 Å². The molecule has 0 unspecified atom stereocenters. The largest absolute Gasteiger partial charge is 0.391 e. The molecular weight excluding hydrogens is 130 g/mol. The molecule has 1 aromatic heterocycles. The third-order valence-electron chi connectivity index (χ3n) is 1.22. The second kappa shape index (κ2) is 2.40. The third-order valence-corrected chi connectivity index (χ3v) is 2.43. The summed E-state index contributed by atoms with van der Waals surface area (Å²) in [6.07, 6.45) is 0. The molecule has 0 aliphatic rings. The molecular formula is C7H11NS. The Bertz CT molecular complexity index is 191. The van der Waals surface area contributed by atoms with E-state index in [9.17, 15) is 0 Å². The number of hydrogen-bond acceptors (Lipinski definition) is 2. The molecule has 2 heteroatoms. The highest BCUT2D eigenvalue weighted by Crippen LogP contribution is 2.25. The predicted octanol–water partition coefficient (Wildman–Crippen LogP) is 2.45. The Hall–Kier alpha value is -0.500. The number of rotatable bonds is 1. The molecule has 0 fully saturated rings. The van der Waals surface area contributed by atoms with E-state index in [1.807, 2.05) is 6.07 Å². The summed E-state index contributed by atoms with van der Waals surface area (Å²) in [7, 11) is 0. The van der Waals surface area contributed by atoms with Gasteiger partial charge in [0.1, 0.15) is 0 Å². The maximum atomic E-state index is 5.53. The monoisotopic (exact) mass is 141 g/mol. The fraction of sp³-hybridized carbons (Fsp3) is 0.429. The lowest BCUT2D eigenvalue weighted by molar-refractivity contribution is 0.890. The Morgan fingerprint density at radius 2 is 2.11 bits per heavy atom. The van der Waals surface area contributed by atoms with Crippen LogP contribution in [0.15, 0.2) is 12.1 Å². The van der Waals surface area contributed by atoms with Crippen molar-refractivity contribution in [3.8, 4) is 0 Å². The second-order valence-electron chi connectivity index (χ2n) is 2.39. The first-order valence-corrected chi connectivity index (χ1v) is 3.87. The summed E-state index contributed by atoms with van der Waals surface area (Å²) in [5.74, 6) is 0.618. The summed E-state index contributed by atoms with van der Waals surface area (Å²) < 4.78 is 0. The van der Waals surface area contributed by atoms with Gasteiger partial charge in [0.2, 0.25) is 0 Å². The molecule has 1 heterocycles. The molecule has 0 aliphatic carbocycles. The molecule has 0 saturated heterocycles. The average Bonchev–Trinajstić information content (AvgIpc) is 2.14. The SMILES string of the molecule is CC(C)c1ccc(N)s1. The van der Waals surface area contributed by atoms with E-state index in [-0.39, 0.29) is 0 Å². The number of anilines is 1. The molecule has 1 nitrogen and oxygen atoms in total. The van der Waals surface area contributed by atoms with Crippen molar-refractivity contribution in [3.63, 3.8) is 0 Å². The lowest BCUT2D eigenvalue weighted by Gasteiger charge is -1.96. The Kier molecular flexibility index (Phi) is 1.76. The Labute approximate surface area is 59.5 Å². The summed E-state index contributed by atoms with van der Waals surface area (Å²) in [5, 5.41) is 0.915. The molecule has 0 saturated carbocycles. The quantitative estimate of drug-likeness (QED) is 0.638. The average molecular weight is 141 g/mol. The van der Waals surface area contributed by atoms with Gasteiger partial charge in [-0.3, -0.25) is 0 Å². The van der Waals surface area contributed by atoms with Crippen LogP contribution in [0.1, 0.15) is 24.6 Å². The lowest BCUT2D eigenvalue weighted by atomic mass is 10.2. The van der Waals surface area contributed by atoms with Crippen LogP contribution in [0.25, 0.3) is 0 Å². The van der Waals surface area contributed by atoms with E-state index < -0.39 is 0 Å². The molecule has 0 radical (unpaired) electrons. The molecule has 0 spiro atoms. The highest BCUT2D eigenvalue weighted by Gasteiger charge is 1.99. The van der Waals surface area contributed by atoms with E-state index in [2.05, 4.69) is 19.9 Å². The zero-order valence-electron chi connectivity index (χ0n) is 5.72. The molecule has 9 heavy (non-hydrogen) atoms. The van der Waals surface area contributed by atoms with Gasteiger partial charge < -0.3 is 5.73 Å². The number of nitrogen functional groups attached to an aromatic ring is 1. The van der Waals surface area contributed by atoms with Crippen molar-refractivity contribution in [2.45, 2.75) is 19.8 Å². The van der Waals surface area contributed by atoms with Gasteiger partial charge in [0, 0.05) is 4.88 Å². The maximum absolute atomic E-state index is 5.53. The summed E-state index contributed by atoms with van der Waals surface area (Å²) in [5.41, 5.74) is 5.53. The van der Waals surface area contributed by atoms with Crippen LogP contribution in [0.5, 0.6) is 0 Å². The van der Waals surface area contributed by atoms with Gasteiger partial charge in [-0.2, -0.15) is 0 Å². The van der Waals surface area contributed by atoms with Gasteiger partial charge in [-0.25, -0.2) is 0 Å². The molecule has 0 aliphatic heterocycles. The zero-order chi connectivity index (χ0) is 6.85. The molecule has 0 bridgehead atoms. The smallest absolute Gasteiger partial charge is 0.0859 e. The molecule has 0 amide bonds. The van der Waals surface area contributed by atoms with Gasteiger partial charge >= 0.3 is 0 Å². The van der Waals surface area contributed by atoms with E-state index in [0.717, 1.165) is 5.00 Å². The minimum absolute atomic E-state index is 0.618. The minimum atomic E-state index is 0.618. The minimum Gasteiger partial charge on any atom is -0.391 e. The van der Waals surface area contributed by atoms with E-state index in [0.29, 0.717) is 5.92 Å². The van der Waals surface area contributed by atoms with Crippen molar-refractivity contribution >= 4 is 16.3 Å². The number of nitrogens with two attached hydrogens (primary N) is 1. The van der Waals surface area contributed by atoms with E-state index in [1.165, 1.54) is 4.88 Å². The summed E-state index contributed by atoms with van der Waals surface area (Å²) in [6, 6.07) is 4.05. The van der Waals surface area contributed by atoms with Gasteiger partial charge in [0.15, 0.2) is 0 Å². The topological polar surface area (TPSA) is 26.0 Å². The zero-order valence-corrected chi connectivity index (χ0v) is 6.53. The fourth-order valence-electron chi connectivity index (χ4n) is 0.679. The van der Waals surface area contributed by atoms with Crippen LogP contribution in [0.2, 0.25) is 0 Å². The first kappa shape index (κ1) is 6.62. The Morgan fingerprint density at radius 3 is 2.33 bits per heavy atom. The van der Waals surface area contributed by atoms with E-state index in [1.54, 1.807) is 11.3 Å². The van der Waals surface area contributed by atoms with E-state index in [4.69, 9.17) is 5.73 Å². The van der Waals surface area contributed by atoms with E-state index >= 15 is 0 Å². The molecule has 1 rings (SSSR count). The standard InChI is InChI=1S/C7H11NS/c1-5(2)6-3-4-7(8)9-6/h3-5H,8H2,1-2H3. The lowest BCUT2D eigenvalue weighted by Crippen LogP contribution is -1.78. The highest BCUT2D eigenvalue weighted by atomic mass is 32.1. The van der Waals surface area contributed by atoms with Gasteiger partial charge in [-0.15, -0.1) is 11.3 Å².